The van der Waals surface area contributed by atoms with Crippen LogP contribution in [0.25, 0.3) is 0 Å². The van der Waals surface area contributed by atoms with Crippen LogP contribution >= 0.6 is 0 Å². The van der Waals surface area contributed by atoms with E-state index < -0.39 is 6.10 Å². The van der Waals surface area contributed by atoms with Gasteiger partial charge in [0.15, 0.2) is 0 Å². The van der Waals surface area contributed by atoms with Crippen LogP contribution in [0.3, 0.4) is 0 Å². The second-order valence-electron chi connectivity index (χ2n) is 11.2. The van der Waals surface area contributed by atoms with Gasteiger partial charge < -0.3 is 19.3 Å². The summed E-state index contributed by atoms with van der Waals surface area (Å²) in [7, 11) is 0. The van der Waals surface area contributed by atoms with Crippen molar-refractivity contribution in [2.45, 2.75) is 115 Å². The minimum absolute atomic E-state index is 0.00772. The van der Waals surface area contributed by atoms with Crippen molar-refractivity contribution in [1.29, 1.82) is 0 Å². The molecule has 7 nitrogen and oxygen atoms in total. The van der Waals surface area contributed by atoms with Gasteiger partial charge in [0.2, 0.25) is 0 Å². The van der Waals surface area contributed by atoms with Crippen LogP contribution in [0.2, 0.25) is 0 Å². The first-order valence-corrected chi connectivity index (χ1v) is 13.2. The third kappa shape index (κ3) is 5.50. The number of unbranched alkanes of at least 4 members (excludes halogenated alkanes) is 4. The smallest absolute Gasteiger partial charge is 0.334 e. The third-order valence-electron chi connectivity index (χ3n) is 8.81. The Morgan fingerprint density at radius 1 is 1.18 bits per heavy atom. The number of aliphatic hydroxyl groups is 1. The lowest BCUT2D eigenvalue weighted by molar-refractivity contribution is -0.148. The van der Waals surface area contributed by atoms with Crippen LogP contribution in [0.4, 0.5) is 0 Å². The Bertz CT molecular complexity index is 807. The number of carbonyl (C=O) groups is 3. The van der Waals surface area contributed by atoms with Gasteiger partial charge in [0.25, 0.3) is 0 Å². The normalized spacial score (nSPS) is 37.0. The minimum Gasteiger partial charge on any atom is -0.463 e. The number of hydrogen-bond acceptors (Lipinski definition) is 7. The highest BCUT2D eigenvalue weighted by molar-refractivity contribution is 5.90. The fourth-order valence-electron chi connectivity index (χ4n) is 6.64. The first kappa shape index (κ1) is 25.2. The Morgan fingerprint density at radius 2 is 1.91 bits per heavy atom. The van der Waals surface area contributed by atoms with E-state index in [1.54, 1.807) is 0 Å². The molecule has 0 bridgehead atoms. The van der Waals surface area contributed by atoms with Crippen LogP contribution < -0.4 is 0 Å². The predicted molar refractivity (Wildman–Crippen MR) is 124 cm³/mol. The van der Waals surface area contributed by atoms with Crippen molar-refractivity contribution >= 4 is 17.9 Å². The molecule has 0 aromatic heterocycles. The summed E-state index contributed by atoms with van der Waals surface area (Å²) < 4.78 is 16.3. The average molecular weight is 477 g/mol. The molecule has 0 spiro atoms. The zero-order valence-electron chi connectivity index (χ0n) is 20.6. The topological polar surface area (TPSA) is 99.1 Å². The van der Waals surface area contributed by atoms with Crippen LogP contribution in [-0.2, 0) is 28.6 Å². The van der Waals surface area contributed by atoms with Gasteiger partial charge in [-0.3, -0.25) is 9.59 Å². The molecule has 2 aliphatic carbocycles. The van der Waals surface area contributed by atoms with Gasteiger partial charge in [-0.15, -0.1) is 0 Å². The number of rotatable bonds is 12. The number of esters is 3. The Balaban J connectivity index is 1.04. The Kier molecular flexibility index (Phi) is 7.70. The van der Waals surface area contributed by atoms with E-state index in [1.165, 1.54) is 0 Å². The maximum absolute atomic E-state index is 12.2. The van der Waals surface area contributed by atoms with Gasteiger partial charge in [-0.2, -0.15) is 0 Å². The molecule has 0 amide bonds. The first-order valence-electron chi connectivity index (χ1n) is 13.2. The second-order valence-corrected chi connectivity index (χ2v) is 11.2. The lowest BCUT2D eigenvalue weighted by Crippen LogP contribution is -2.26. The molecule has 0 aromatic rings. The van der Waals surface area contributed by atoms with Crippen molar-refractivity contribution in [3.8, 4) is 0 Å². The summed E-state index contributed by atoms with van der Waals surface area (Å²) in [4.78, 5) is 35.1. The number of cyclic esters (lactones) is 1. The summed E-state index contributed by atoms with van der Waals surface area (Å²) in [6.07, 6.45) is 8.75. The highest BCUT2D eigenvalue weighted by Crippen LogP contribution is 2.70. The van der Waals surface area contributed by atoms with Gasteiger partial charge in [0, 0.05) is 17.9 Å². The zero-order chi connectivity index (χ0) is 24.5. The van der Waals surface area contributed by atoms with Crippen LogP contribution in [0, 0.1) is 23.2 Å². The fraction of sp³-hybridized carbons (Fsp3) is 0.815. The lowest BCUT2D eigenvalue weighted by Gasteiger charge is -2.27. The summed E-state index contributed by atoms with van der Waals surface area (Å²) in [5.41, 5.74) is 0.894. The van der Waals surface area contributed by atoms with Crippen LogP contribution in [0.15, 0.2) is 12.2 Å². The maximum atomic E-state index is 12.2. The minimum atomic E-state index is -0.657. The van der Waals surface area contributed by atoms with E-state index in [-0.39, 0.29) is 54.0 Å². The summed E-state index contributed by atoms with van der Waals surface area (Å²) in [6, 6.07) is 0. The zero-order valence-corrected chi connectivity index (χ0v) is 20.6. The van der Waals surface area contributed by atoms with Crippen molar-refractivity contribution in [1.82, 2.24) is 0 Å². The molecule has 0 aromatic carbocycles. The van der Waals surface area contributed by atoms with Crippen molar-refractivity contribution in [3.05, 3.63) is 12.2 Å². The molecule has 2 heterocycles. The predicted octanol–water partition coefficient (Wildman–Crippen LogP) is 4.25. The monoisotopic (exact) mass is 476 g/mol. The molecule has 4 aliphatic rings. The van der Waals surface area contributed by atoms with E-state index in [2.05, 4.69) is 13.5 Å². The molecule has 7 heteroatoms. The molecule has 2 saturated carbocycles. The molecule has 2 aliphatic heterocycles. The maximum Gasteiger partial charge on any atom is 0.334 e. The highest BCUT2D eigenvalue weighted by atomic mass is 16.6. The molecule has 0 radical (unpaired) electrons. The summed E-state index contributed by atoms with van der Waals surface area (Å²) >= 11 is 0. The molecule has 4 rings (SSSR count). The van der Waals surface area contributed by atoms with Crippen molar-refractivity contribution in [2.24, 2.45) is 23.2 Å². The Labute approximate surface area is 202 Å². The van der Waals surface area contributed by atoms with Gasteiger partial charge in [0.1, 0.15) is 18.3 Å². The first-order chi connectivity index (χ1) is 16.2. The number of fused-ring (bicyclic) bond motifs is 2. The molecule has 4 fully saturated rings. The summed E-state index contributed by atoms with van der Waals surface area (Å²) in [5, 5.41) is 9.71. The van der Waals surface area contributed by atoms with Gasteiger partial charge in [0.05, 0.1) is 12.5 Å². The van der Waals surface area contributed by atoms with Crippen LogP contribution in [-0.4, -0.2) is 47.4 Å². The third-order valence-corrected chi connectivity index (χ3v) is 8.81. The fourth-order valence-corrected chi connectivity index (χ4v) is 6.64. The average Bonchev–Trinajstić information content (AvgIpc) is 3.04. The Morgan fingerprint density at radius 3 is 2.65 bits per heavy atom. The van der Waals surface area contributed by atoms with E-state index in [0.29, 0.717) is 30.3 Å². The molecular formula is C27H40O7. The van der Waals surface area contributed by atoms with Crippen molar-refractivity contribution < 1.29 is 33.7 Å². The molecule has 1 N–H and O–H groups in total. The Hall–Kier alpha value is -1.89. The molecule has 0 unspecified atom stereocenters. The summed E-state index contributed by atoms with van der Waals surface area (Å²) in [6.45, 7) is 8.23. The van der Waals surface area contributed by atoms with E-state index in [9.17, 15) is 19.5 Å². The lowest BCUT2D eigenvalue weighted by atomic mass is 9.79. The van der Waals surface area contributed by atoms with Gasteiger partial charge in [-0.25, -0.2) is 4.79 Å². The quantitative estimate of drug-likeness (QED) is 0.195. The van der Waals surface area contributed by atoms with Gasteiger partial charge in [-0.1, -0.05) is 32.8 Å². The van der Waals surface area contributed by atoms with E-state index >= 15 is 0 Å². The molecule has 190 valence electrons. The van der Waals surface area contributed by atoms with E-state index in [4.69, 9.17) is 14.2 Å². The van der Waals surface area contributed by atoms with Crippen LogP contribution in [0.5, 0.6) is 0 Å². The number of aliphatic hydroxyl groups excluding tert-OH is 1. The highest BCUT2D eigenvalue weighted by Gasteiger charge is 2.66. The van der Waals surface area contributed by atoms with Crippen molar-refractivity contribution in [2.75, 3.05) is 0 Å². The largest absolute Gasteiger partial charge is 0.463 e. The SMILES string of the molecule is C=C1C(=O)O[C@@H]2C[C@]3(C)[C@@H](CC[C@@H](C)OC(=O)CCCCCCC[C@H]4OC(=O)C[C@H]4O)[C@@H]3C[C@H]12. The van der Waals surface area contributed by atoms with Crippen molar-refractivity contribution in [3.63, 3.8) is 0 Å². The molecular weight excluding hydrogens is 436 g/mol. The molecule has 2 saturated heterocycles. The van der Waals surface area contributed by atoms with Crippen LogP contribution in [0.1, 0.15) is 90.9 Å². The van der Waals surface area contributed by atoms with E-state index in [1.807, 2.05) is 6.92 Å². The molecule has 34 heavy (non-hydrogen) atoms. The number of ether oxygens (including phenoxy) is 3. The number of hydrogen-bond donors (Lipinski definition) is 1. The summed E-state index contributed by atoms with van der Waals surface area (Å²) in [5.74, 6) is 0.777. The van der Waals surface area contributed by atoms with Gasteiger partial charge >= 0.3 is 17.9 Å². The van der Waals surface area contributed by atoms with Gasteiger partial charge in [-0.05, 0) is 69.1 Å². The van der Waals surface area contributed by atoms with E-state index in [0.717, 1.165) is 57.8 Å². The molecule has 8 atom stereocenters. The standard InChI is InChI=1S/C27H40O7/c1-16(11-12-19-20-13-18-17(2)26(31)34-23(18)15-27(19,20)3)32-24(29)10-8-6-4-5-7-9-22-21(28)14-25(30)33-22/h16,18-23,28H,2,4-15H2,1,3H3/t16-,18-,19+,20+,21-,22-,23-,27-/m1/s1. The second kappa shape index (κ2) is 10.4. The number of carbonyl (C=O) groups excluding carboxylic acids is 3.